The van der Waals surface area contributed by atoms with Crippen LogP contribution in [0, 0.1) is 0 Å². The number of rotatable bonds is 2. The van der Waals surface area contributed by atoms with Gasteiger partial charge in [-0.05, 0) is 26.1 Å². The van der Waals surface area contributed by atoms with Gasteiger partial charge in [0, 0.05) is 17.6 Å². The van der Waals surface area contributed by atoms with E-state index in [1.165, 1.54) is 0 Å². The fourth-order valence-electron chi connectivity index (χ4n) is 1.74. The first-order chi connectivity index (χ1) is 7.20. The molecule has 15 heavy (non-hydrogen) atoms. The summed E-state index contributed by atoms with van der Waals surface area (Å²) in [5, 5.41) is 7.22. The minimum Gasteiger partial charge on any atom is -0.485 e. The number of hydrogen-bond donors (Lipinski definition) is 2. The van der Waals surface area contributed by atoms with E-state index in [-0.39, 0.29) is 6.10 Å². The number of benzene rings is 1. The summed E-state index contributed by atoms with van der Waals surface area (Å²) in [6, 6.07) is 5.95. The van der Waals surface area contributed by atoms with E-state index in [0.717, 1.165) is 18.0 Å². The molecule has 0 amide bonds. The average Bonchev–Trinajstić information content (AvgIpc) is 2.20. The number of ether oxygens (including phenoxy) is 1. The molecule has 0 bridgehead atoms. The van der Waals surface area contributed by atoms with E-state index < -0.39 is 0 Å². The molecule has 2 unspecified atom stereocenters. The van der Waals surface area contributed by atoms with E-state index in [2.05, 4.69) is 17.6 Å². The van der Waals surface area contributed by atoms with Crippen molar-refractivity contribution in [2.45, 2.75) is 19.1 Å². The number of fused-ring (bicyclic) bond motifs is 1. The molecule has 4 heteroatoms. The molecule has 0 radical (unpaired) electrons. The second kappa shape index (κ2) is 4.29. The highest BCUT2D eigenvalue weighted by Gasteiger charge is 2.25. The van der Waals surface area contributed by atoms with Crippen molar-refractivity contribution in [3.05, 3.63) is 23.2 Å². The van der Waals surface area contributed by atoms with Crippen LogP contribution in [0.1, 0.15) is 6.92 Å². The molecule has 3 nitrogen and oxygen atoms in total. The fourth-order valence-corrected chi connectivity index (χ4v) is 1.90. The van der Waals surface area contributed by atoms with Crippen LogP contribution in [0.5, 0.6) is 5.75 Å². The summed E-state index contributed by atoms with van der Waals surface area (Å²) in [5.41, 5.74) is 1.01. The van der Waals surface area contributed by atoms with Gasteiger partial charge < -0.3 is 15.4 Å². The van der Waals surface area contributed by atoms with Crippen molar-refractivity contribution in [1.82, 2.24) is 5.32 Å². The standard InChI is InChI=1S/C11H15ClN2O/c1-7-11(6-13-2)15-10-5-8(12)3-4-9(10)14-7/h3-5,7,11,13-14H,6H2,1-2H3. The van der Waals surface area contributed by atoms with Crippen LogP contribution in [0.4, 0.5) is 5.69 Å². The van der Waals surface area contributed by atoms with Crippen LogP contribution < -0.4 is 15.4 Å². The van der Waals surface area contributed by atoms with Crippen molar-refractivity contribution < 1.29 is 4.74 Å². The number of halogens is 1. The van der Waals surface area contributed by atoms with Crippen molar-refractivity contribution in [2.75, 3.05) is 18.9 Å². The maximum atomic E-state index is 5.91. The molecule has 1 heterocycles. The molecule has 2 N–H and O–H groups in total. The minimum atomic E-state index is 0.140. The van der Waals surface area contributed by atoms with Crippen LogP contribution in [-0.4, -0.2) is 25.7 Å². The second-order valence-electron chi connectivity index (χ2n) is 3.79. The van der Waals surface area contributed by atoms with E-state index in [4.69, 9.17) is 16.3 Å². The van der Waals surface area contributed by atoms with Crippen LogP contribution in [0.3, 0.4) is 0 Å². The van der Waals surface area contributed by atoms with E-state index in [1.54, 1.807) is 0 Å². The molecule has 0 spiro atoms. The predicted molar refractivity (Wildman–Crippen MR) is 62.9 cm³/mol. The summed E-state index contributed by atoms with van der Waals surface area (Å²) in [5.74, 6) is 0.834. The highest BCUT2D eigenvalue weighted by atomic mass is 35.5. The van der Waals surface area contributed by atoms with Gasteiger partial charge in [-0.15, -0.1) is 0 Å². The quantitative estimate of drug-likeness (QED) is 0.811. The Kier molecular flexibility index (Phi) is 3.03. The molecule has 2 atom stereocenters. The van der Waals surface area contributed by atoms with Gasteiger partial charge in [0.2, 0.25) is 0 Å². The van der Waals surface area contributed by atoms with Gasteiger partial charge in [-0.3, -0.25) is 0 Å². The molecule has 1 aromatic rings. The Morgan fingerprint density at radius 3 is 3.07 bits per heavy atom. The number of nitrogens with one attached hydrogen (secondary N) is 2. The fraction of sp³-hybridized carbons (Fsp3) is 0.455. The Morgan fingerprint density at radius 1 is 1.53 bits per heavy atom. The molecule has 2 rings (SSSR count). The third kappa shape index (κ3) is 2.19. The highest BCUT2D eigenvalue weighted by Crippen LogP contribution is 2.33. The number of anilines is 1. The summed E-state index contributed by atoms with van der Waals surface area (Å²) in [7, 11) is 1.92. The van der Waals surface area contributed by atoms with Gasteiger partial charge in [0.05, 0.1) is 11.7 Å². The maximum Gasteiger partial charge on any atom is 0.144 e. The zero-order valence-electron chi connectivity index (χ0n) is 8.88. The lowest BCUT2D eigenvalue weighted by atomic mass is 10.1. The molecule has 82 valence electrons. The van der Waals surface area contributed by atoms with Crippen molar-refractivity contribution in [2.24, 2.45) is 0 Å². The second-order valence-corrected chi connectivity index (χ2v) is 4.22. The number of likely N-dealkylation sites (N-methyl/N-ethyl adjacent to an activating group) is 1. The first kappa shape index (κ1) is 10.6. The van der Waals surface area contributed by atoms with Crippen molar-refractivity contribution >= 4 is 17.3 Å². The Labute approximate surface area is 94.8 Å². The van der Waals surface area contributed by atoms with Crippen LogP contribution in [-0.2, 0) is 0 Å². The molecule has 0 aromatic heterocycles. The van der Waals surface area contributed by atoms with E-state index in [9.17, 15) is 0 Å². The van der Waals surface area contributed by atoms with Gasteiger partial charge in [-0.1, -0.05) is 11.6 Å². The molecule has 1 aromatic carbocycles. The van der Waals surface area contributed by atoms with E-state index in [0.29, 0.717) is 11.1 Å². The first-order valence-electron chi connectivity index (χ1n) is 5.08. The minimum absolute atomic E-state index is 0.140. The van der Waals surface area contributed by atoms with Crippen molar-refractivity contribution in [3.8, 4) is 5.75 Å². The summed E-state index contributed by atoms with van der Waals surface area (Å²) < 4.78 is 5.86. The number of hydrogen-bond acceptors (Lipinski definition) is 3. The Balaban J connectivity index is 2.22. The van der Waals surface area contributed by atoms with Crippen LogP contribution in [0.25, 0.3) is 0 Å². The molecule has 0 aliphatic carbocycles. The Bertz CT molecular complexity index is 356. The zero-order valence-corrected chi connectivity index (χ0v) is 9.64. The van der Waals surface area contributed by atoms with E-state index in [1.807, 2.05) is 25.2 Å². The SMILES string of the molecule is CNCC1Oc2cc(Cl)ccc2NC1C. The Hall–Kier alpha value is -0.930. The van der Waals surface area contributed by atoms with E-state index >= 15 is 0 Å². The summed E-state index contributed by atoms with van der Waals surface area (Å²) in [4.78, 5) is 0. The lowest BCUT2D eigenvalue weighted by molar-refractivity contribution is 0.174. The molecule has 0 fully saturated rings. The van der Waals surface area contributed by atoms with Gasteiger partial charge in [0.1, 0.15) is 11.9 Å². The molecule has 1 aliphatic heterocycles. The summed E-state index contributed by atoms with van der Waals surface area (Å²) in [6.07, 6.45) is 0.140. The zero-order chi connectivity index (χ0) is 10.8. The highest BCUT2D eigenvalue weighted by molar-refractivity contribution is 6.30. The molecule has 0 saturated carbocycles. The van der Waals surface area contributed by atoms with Crippen LogP contribution in [0.15, 0.2) is 18.2 Å². The van der Waals surface area contributed by atoms with Crippen LogP contribution in [0.2, 0.25) is 5.02 Å². The third-order valence-corrected chi connectivity index (χ3v) is 2.80. The Morgan fingerprint density at radius 2 is 2.33 bits per heavy atom. The van der Waals surface area contributed by atoms with Gasteiger partial charge in [-0.25, -0.2) is 0 Å². The van der Waals surface area contributed by atoms with Gasteiger partial charge in [0.25, 0.3) is 0 Å². The van der Waals surface area contributed by atoms with Gasteiger partial charge in [0.15, 0.2) is 0 Å². The predicted octanol–water partition coefficient (Wildman–Crippen LogP) is 2.12. The monoisotopic (exact) mass is 226 g/mol. The van der Waals surface area contributed by atoms with Gasteiger partial charge in [-0.2, -0.15) is 0 Å². The topological polar surface area (TPSA) is 33.3 Å². The van der Waals surface area contributed by atoms with Gasteiger partial charge >= 0.3 is 0 Å². The normalized spacial score (nSPS) is 23.9. The van der Waals surface area contributed by atoms with Crippen molar-refractivity contribution in [1.29, 1.82) is 0 Å². The molecule has 1 aliphatic rings. The lowest BCUT2D eigenvalue weighted by Gasteiger charge is -2.33. The maximum absolute atomic E-state index is 5.91. The third-order valence-electron chi connectivity index (χ3n) is 2.57. The molecular weight excluding hydrogens is 212 g/mol. The smallest absolute Gasteiger partial charge is 0.144 e. The largest absolute Gasteiger partial charge is 0.485 e. The molecular formula is C11H15ClN2O. The summed E-state index contributed by atoms with van der Waals surface area (Å²) >= 11 is 5.91. The first-order valence-corrected chi connectivity index (χ1v) is 5.46. The lowest BCUT2D eigenvalue weighted by Crippen LogP contribution is -2.44. The molecule has 0 saturated heterocycles. The van der Waals surface area contributed by atoms with Crippen LogP contribution >= 0.6 is 11.6 Å². The van der Waals surface area contributed by atoms with Crippen molar-refractivity contribution in [3.63, 3.8) is 0 Å². The average molecular weight is 227 g/mol. The summed E-state index contributed by atoms with van der Waals surface area (Å²) in [6.45, 7) is 2.93.